The molecule has 0 amide bonds. The summed E-state index contributed by atoms with van der Waals surface area (Å²) in [5.74, 6) is -1.85. The molecule has 63 heavy (non-hydrogen) atoms. The van der Waals surface area contributed by atoms with Crippen LogP contribution in [0, 0.1) is 0 Å². The molecule has 0 bridgehead atoms. The fourth-order valence-corrected chi connectivity index (χ4v) is 6.17. The van der Waals surface area contributed by atoms with Gasteiger partial charge in [0.15, 0.2) is 0 Å². The molecule has 3 atom stereocenters. The predicted octanol–water partition coefficient (Wildman–Crippen LogP) is 13.4. The van der Waals surface area contributed by atoms with Gasteiger partial charge in [-0.2, -0.15) is 0 Å². The van der Waals surface area contributed by atoms with E-state index in [9.17, 15) is 19.0 Å². The van der Waals surface area contributed by atoms with Crippen molar-refractivity contribution in [3.63, 3.8) is 0 Å². The Labute approximate surface area is 381 Å². The van der Waals surface area contributed by atoms with E-state index in [0.717, 1.165) is 116 Å². The van der Waals surface area contributed by atoms with Crippen molar-refractivity contribution in [1.29, 1.82) is 0 Å². The van der Waals surface area contributed by atoms with Crippen molar-refractivity contribution in [2.75, 3.05) is 26.4 Å². The number of carbonyl (C=O) groups is 2. The lowest BCUT2D eigenvalue weighted by atomic mass is 10.1. The van der Waals surface area contributed by atoms with E-state index < -0.39 is 45.1 Å². The van der Waals surface area contributed by atoms with Crippen LogP contribution in [-0.2, 0) is 32.7 Å². The van der Waals surface area contributed by atoms with Gasteiger partial charge < -0.3 is 25.2 Å². The molecule has 0 rings (SSSR count). The Hall–Kier alpha value is -3.89. The molecule has 11 heteroatoms. The molecule has 0 spiro atoms. The maximum atomic E-state index is 12.7. The molecule has 354 valence electrons. The molecule has 0 aliphatic carbocycles. The molecule has 0 aromatic carbocycles. The van der Waals surface area contributed by atoms with Gasteiger partial charge >= 0.3 is 19.8 Å². The number of hydrogen-bond acceptors (Lipinski definition) is 8. The van der Waals surface area contributed by atoms with Crippen molar-refractivity contribution in [3.05, 3.63) is 134 Å². The lowest BCUT2D eigenvalue weighted by molar-refractivity contribution is -0.154. The Balaban J connectivity index is 4.39. The van der Waals surface area contributed by atoms with Crippen LogP contribution in [0.5, 0.6) is 0 Å². The van der Waals surface area contributed by atoms with Gasteiger partial charge in [-0.05, 0) is 109 Å². The number of carbonyl (C=O) groups excluding carboxylic acids is 1. The molecule has 0 aromatic rings. The summed E-state index contributed by atoms with van der Waals surface area (Å²) >= 11 is 0. The Morgan fingerprint density at radius 2 is 0.873 bits per heavy atom. The van der Waals surface area contributed by atoms with Crippen LogP contribution < -0.4 is 5.73 Å². The number of allylic oxidation sites excluding steroid dienone is 22. The molecule has 3 unspecified atom stereocenters. The average molecular weight is 896 g/mol. The number of hydrogen-bond donors (Lipinski definition) is 3. The Bertz CT molecular complexity index is 1500. The zero-order valence-corrected chi connectivity index (χ0v) is 39.5. The van der Waals surface area contributed by atoms with Crippen LogP contribution in [0.25, 0.3) is 0 Å². The third kappa shape index (κ3) is 45.9. The van der Waals surface area contributed by atoms with Crippen molar-refractivity contribution in [3.8, 4) is 0 Å². The second kappa shape index (κ2) is 46.1. The number of phosphoric ester groups is 1. The number of rotatable bonds is 42. The monoisotopic (exact) mass is 896 g/mol. The minimum atomic E-state index is -4.65. The number of carboxylic acids is 1. The number of phosphoric acid groups is 1. The van der Waals surface area contributed by atoms with E-state index in [1.165, 1.54) is 0 Å². The second-order valence-electron chi connectivity index (χ2n) is 14.8. The fourth-order valence-electron chi connectivity index (χ4n) is 5.40. The van der Waals surface area contributed by atoms with Gasteiger partial charge in [-0.25, -0.2) is 4.57 Å². The van der Waals surface area contributed by atoms with E-state index in [1.807, 2.05) is 0 Å². The highest BCUT2D eigenvalue weighted by Crippen LogP contribution is 2.43. The summed E-state index contributed by atoms with van der Waals surface area (Å²) in [7, 11) is -4.65. The van der Waals surface area contributed by atoms with Gasteiger partial charge in [-0.15, -0.1) is 0 Å². The van der Waals surface area contributed by atoms with Crippen molar-refractivity contribution < 1.29 is 42.7 Å². The van der Waals surface area contributed by atoms with Crippen molar-refractivity contribution in [2.45, 2.75) is 154 Å². The molecule has 0 radical (unpaired) electrons. The number of unbranched alkanes of at least 4 members (excludes halogenated alkanes) is 6. The fraction of sp³-hybridized carbons (Fsp3) is 0.538. The predicted molar refractivity (Wildman–Crippen MR) is 262 cm³/mol. The number of nitrogens with two attached hydrogens (primary N) is 1. The zero-order chi connectivity index (χ0) is 46.2. The molecule has 0 aromatic heterocycles. The number of carboxylic acid groups (broad SMARTS) is 1. The van der Waals surface area contributed by atoms with Crippen molar-refractivity contribution in [2.24, 2.45) is 5.73 Å². The van der Waals surface area contributed by atoms with Crippen molar-refractivity contribution in [1.82, 2.24) is 0 Å². The average Bonchev–Trinajstić information content (AvgIpc) is 3.26. The van der Waals surface area contributed by atoms with Gasteiger partial charge in [0.25, 0.3) is 0 Å². The first-order chi connectivity index (χ1) is 30.7. The minimum Gasteiger partial charge on any atom is -0.480 e. The first kappa shape index (κ1) is 59.1. The normalized spacial score (nSPS) is 15.0. The summed E-state index contributed by atoms with van der Waals surface area (Å²) in [4.78, 5) is 33.6. The first-order valence-electron chi connectivity index (χ1n) is 23.2. The molecule has 10 nitrogen and oxygen atoms in total. The Kier molecular flexibility index (Phi) is 43.3. The van der Waals surface area contributed by atoms with Crippen LogP contribution in [0.3, 0.4) is 0 Å². The Morgan fingerprint density at radius 3 is 1.29 bits per heavy atom. The van der Waals surface area contributed by atoms with Crippen LogP contribution in [0.2, 0.25) is 0 Å². The summed E-state index contributed by atoms with van der Waals surface area (Å²) in [6.07, 6.45) is 65.1. The molecule has 4 N–H and O–H groups in total. The van der Waals surface area contributed by atoms with Gasteiger partial charge in [-0.1, -0.05) is 160 Å². The highest BCUT2D eigenvalue weighted by molar-refractivity contribution is 7.47. The lowest BCUT2D eigenvalue weighted by Crippen LogP contribution is -2.34. The van der Waals surface area contributed by atoms with Crippen LogP contribution >= 0.6 is 7.82 Å². The van der Waals surface area contributed by atoms with E-state index in [1.54, 1.807) is 0 Å². The maximum Gasteiger partial charge on any atom is 0.472 e. The van der Waals surface area contributed by atoms with E-state index in [0.29, 0.717) is 13.0 Å². The van der Waals surface area contributed by atoms with E-state index >= 15 is 0 Å². The molecular formula is C52H82NO9P. The third-order valence-corrected chi connectivity index (χ3v) is 9.88. The van der Waals surface area contributed by atoms with E-state index in [-0.39, 0.29) is 13.0 Å². The highest BCUT2D eigenvalue weighted by atomic mass is 31.2. The zero-order valence-electron chi connectivity index (χ0n) is 38.6. The number of ether oxygens (including phenoxy) is 2. The van der Waals surface area contributed by atoms with Crippen LogP contribution in [0.4, 0.5) is 0 Å². The van der Waals surface area contributed by atoms with Crippen LogP contribution in [-0.4, -0.2) is 60.5 Å². The third-order valence-electron chi connectivity index (χ3n) is 8.93. The molecule has 0 aliphatic heterocycles. The standard InChI is InChI=1S/C52H82NO9P/c1-3-5-7-9-11-13-15-17-19-21-23-25-26-28-30-32-34-36-38-40-42-44-51(54)62-49(47-60-63(57,58)61-48-50(53)52(55)56)46-59-45-43-41-39-37-35-33-31-29-27-24-22-20-18-16-14-12-10-8-6-4-2/h5-8,11-14,17-20,23-25,27-28,30-31,33-34,36,49-50H,3-4,9-10,15-16,21-22,26,29,32,35,37-48,53H2,1-2H3,(H,55,56)(H,57,58)/b7-5-,8-6-,13-11-,14-12-,19-17-,20-18-,25-23-,27-24-,30-28-,33-31-,36-34-. The highest BCUT2D eigenvalue weighted by Gasteiger charge is 2.27. The molecule has 0 saturated carbocycles. The quantitative estimate of drug-likeness (QED) is 0.0233. The summed E-state index contributed by atoms with van der Waals surface area (Å²) in [5.41, 5.74) is 5.36. The topological polar surface area (TPSA) is 155 Å². The van der Waals surface area contributed by atoms with Gasteiger partial charge in [0.1, 0.15) is 12.1 Å². The van der Waals surface area contributed by atoms with Gasteiger partial charge in [0.05, 0.1) is 19.8 Å². The van der Waals surface area contributed by atoms with Gasteiger partial charge in [0.2, 0.25) is 0 Å². The lowest BCUT2D eigenvalue weighted by Gasteiger charge is -2.20. The molecule has 0 aliphatic rings. The first-order valence-corrected chi connectivity index (χ1v) is 24.7. The smallest absolute Gasteiger partial charge is 0.472 e. The summed E-state index contributed by atoms with van der Waals surface area (Å²) in [6.45, 7) is 3.50. The molecule has 0 heterocycles. The summed E-state index contributed by atoms with van der Waals surface area (Å²) in [5, 5.41) is 8.91. The second-order valence-corrected chi connectivity index (χ2v) is 16.2. The van der Waals surface area contributed by atoms with E-state index in [4.69, 9.17) is 29.4 Å². The SMILES string of the molecule is CC/C=C\C/C=C\C/C=C\C/C=C\C/C=C\C/C=C\CCCCC(=O)OC(COCCCCCC/C=C\C/C=C\C/C=C\C/C=C\C/C=C\CC)COP(=O)(O)OCC(N)C(=O)O. The van der Waals surface area contributed by atoms with E-state index in [2.05, 4.69) is 148 Å². The Morgan fingerprint density at radius 1 is 0.508 bits per heavy atom. The largest absolute Gasteiger partial charge is 0.480 e. The van der Waals surface area contributed by atoms with Crippen molar-refractivity contribution >= 4 is 19.8 Å². The van der Waals surface area contributed by atoms with Crippen LogP contribution in [0.15, 0.2) is 134 Å². The number of esters is 1. The molecule has 0 saturated heterocycles. The molecular weight excluding hydrogens is 814 g/mol. The summed E-state index contributed by atoms with van der Waals surface area (Å²) in [6, 6.07) is -1.49. The maximum absolute atomic E-state index is 12.7. The van der Waals surface area contributed by atoms with Gasteiger partial charge in [0, 0.05) is 13.0 Å². The minimum absolute atomic E-state index is 0.0288. The number of aliphatic carboxylic acids is 1. The van der Waals surface area contributed by atoms with Gasteiger partial charge in [-0.3, -0.25) is 18.6 Å². The van der Waals surface area contributed by atoms with Crippen LogP contribution in [0.1, 0.15) is 142 Å². The molecule has 0 fully saturated rings. The summed E-state index contributed by atoms with van der Waals surface area (Å²) < 4.78 is 33.3.